The van der Waals surface area contributed by atoms with Crippen LogP contribution < -0.4 is 16.4 Å². The number of pyridine rings is 1. The summed E-state index contributed by atoms with van der Waals surface area (Å²) in [6.07, 6.45) is 4.33. The summed E-state index contributed by atoms with van der Waals surface area (Å²) >= 11 is 0. The summed E-state index contributed by atoms with van der Waals surface area (Å²) in [6, 6.07) is 14.3. The van der Waals surface area contributed by atoms with E-state index in [1.54, 1.807) is 18.2 Å². The van der Waals surface area contributed by atoms with Crippen LogP contribution in [0, 0.1) is 23.0 Å². The van der Waals surface area contributed by atoms with Gasteiger partial charge in [0.25, 0.3) is 0 Å². The van der Waals surface area contributed by atoms with E-state index >= 15 is 4.39 Å². The predicted octanol–water partition coefficient (Wildman–Crippen LogP) is 4.22. The largest absolute Gasteiger partial charge is 0.396 e. The van der Waals surface area contributed by atoms with E-state index in [0.717, 1.165) is 5.56 Å². The smallest absolute Gasteiger partial charge is 0.188 e. The first-order valence-corrected chi connectivity index (χ1v) is 9.93. The van der Waals surface area contributed by atoms with Gasteiger partial charge in [-0.1, -0.05) is 36.4 Å². The molecule has 3 aromatic rings. The number of nitrogens with one attached hydrogen (secondary N) is 2. The first-order valence-electron chi connectivity index (χ1n) is 9.93. The molecular weight excluding hydrogens is 412 g/mol. The Hall–Kier alpha value is -4.25. The zero-order valence-electron chi connectivity index (χ0n) is 16.9. The second kappa shape index (κ2) is 8.86. The SMILES string of the molecule is N#Cc1ccc(NCCNc2c(F)c(N)c3c(c2F)C(c2ccccc2)C=CC3=O)nc1. The van der Waals surface area contributed by atoms with E-state index in [9.17, 15) is 9.18 Å². The van der Waals surface area contributed by atoms with Gasteiger partial charge in [0.05, 0.1) is 16.8 Å². The standard InChI is InChI=1S/C24H19F2N5O/c25-21-19-16(15-4-2-1-3-5-15)7-8-17(32)20(19)23(28)22(26)24(21)30-11-10-29-18-9-6-14(12-27)13-31-18/h1-9,13,16,30H,10-11,28H2,(H,29,31). The van der Waals surface area contributed by atoms with Crippen LogP contribution in [0.2, 0.25) is 0 Å². The van der Waals surface area contributed by atoms with Crippen LogP contribution in [0.5, 0.6) is 0 Å². The summed E-state index contributed by atoms with van der Waals surface area (Å²) in [5, 5.41) is 14.6. The highest BCUT2D eigenvalue weighted by molar-refractivity contribution is 6.11. The predicted molar refractivity (Wildman–Crippen MR) is 118 cm³/mol. The lowest BCUT2D eigenvalue weighted by atomic mass is 9.81. The van der Waals surface area contributed by atoms with Crippen LogP contribution in [0.25, 0.3) is 0 Å². The van der Waals surface area contributed by atoms with Gasteiger partial charge in [0.2, 0.25) is 0 Å². The molecule has 0 radical (unpaired) electrons. The van der Waals surface area contributed by atoms with Crippen LogP contribution in [-0.4, -0.2) is 23.9 Å². The lowest BCUT2D eigenvalue weighted by molar-refractivity contribution is 0.104. The number of rotatable bonds is 6. The zero-order valence-corrected chi connectivity index (χ0v) is 16.9. The van der Waals surface area contributed by atoms with Gasteiger partial charge < -0.3 is 16.4 Å². The van der Waals surface area contributed by atoms with Crippen molar-refractivity contribution in [2.45, 2.75) is 5.92 Å². The molecule has 0 saturated carbocycles. The number of carbonyl (C=O) groups is 1. The molecule has 4 rings (SSSR count). The number of hydrogen-bond acceptors (Lipinski definition) is 6. The summed E-state index contributed by atoms with van der Waals surface area (Å²) in [6.45, 7) is 0.462. The average molecular weight is 431 g/mol. The number of nitrogens with two attached hydrogens (primary N) is 1. The molecule has 8 heteroatoms. The monoisotopic (exact) mass is 431 g/mol. The van der Waals surface area contributed by atoms with E-state index in [0.29, 0.717) is 17.9 Å². The minimum Gasteiger partial charge on any atom is -0.396 e. The Morgan fingerprint density at radius 1 is 1.06 bits per heavy atom. The minimum atomic E-state index is -0.992. The van der Waals surface area contributed by atoms with Crippen molar-refractivity contribution in [3.63, 3.8) is 0 Å². The molecule has 2 aromatic carbocycles. The van der Waals surface area contributed by atoms with Crippen molar-refractivity contribution in [3.8, 4) is 6.07 Å². The number of fused-ring (bicyclic) bond motifs is 1. The third kappa shape index (κ3) is 3.88. The number of nitriles is 1. The van der Waals surface area contributed by atoms with Gasteiger partial charge in [-0.05, 0) is 23.8 Å². The van der Waals surface area contributed by atoms with E-state index in [1.807, 2.05) is 36.4 Å². The van der Waals surface area contributed by atoms with Crippen molar-refractivity contribution < 1.29 is 13.6 Å². The van der Waals surface area contributed by atoms with Gasteiger partial charge in [0.15, 0.2) is 17.4 Å². The molecule has 6 nitrogen and oxygen atoms in total. The molecule has 0 bridgehead atoms. The Kier molecular flexibility index (Phi) is 5.81. The molecule has 1 aliphatic rings. The summed E-state index contributed by atoms with van der Waals surface area (Å²) in [4.78, 5) is 16.5. The molecule has 0 saturated heterocycles. The van der Waals surface area contributed by atoms with Gasteiger partial charge in [0, 0.05) is 30.8 Å². The number of anilines is 3. The molecule has 32 heavy (non-hydrogen) atoms. The Bertz CT molecular complexity index is 1230. The average Bonchev–Trinajstić information content (AvgIpc) is 2.83. The molecule has 1 unspecified atom stereocenters. The summed E-state index contributed by atoms with van der Waals surface area (Å²) < 4.78 is 30.5. The van der Waals surface area contributed by atoms with Crippen LogP contribution in [-0.2, 0) is 0 Å². The number of hydrogen-bond donors (Lipinski definition) is 3. The van der Waals surface area contributed by atoms with Crippen LogP contribution in [0.15, 0.2) is 60.8 Å². The highest BCUT2D eigenvalue weighted by Gasteiger charge is 2.32. The Morgan fingerprint density at radius 3 is 2.50 bits per heavy atom. The second-order valence-electron chi connectivity index (χ2n) is 7.21. The fraction of sp³-hybridized carbons (Fsp3) is 0.125. The van der Waals surface area contributed by atoms with E-state index in [1.165, 1.54) is 12.3 Å². The molecule has 160 valence electrons. The molecule has 1 atom stereocenters. The van der Waals surface area contributed by atoms with E-state index in [-0.39, 0.29) is 29.0 Å². The lowest BCUT2D eigenvalue weighted by Crippen LogP contribution is -2.21. The minimum absolute atomic E-state index is 0.0619. The van der Waals surface area contributed by atoms with Crippen molar-refractivity contribution >= 4 is 23.0 Å². The van der Waals surface area contributed by atoms with E-state index < -0.39 is 23.3 Å². The molecular formula is C24H19F2N5O. The van der Waals surface area contributed by atoms with Gasteiger partial charge >= 0.3 is 0 Å². The van der Waals surface area contributed by atoms with E-state index in [4.69, 9.17) is 11.0 Å². The summed E-state index contributed by atoms with van der Waals surface area (Å²) in [5.41, 5.74) is 6.31. The molecule has 1 aliphatic carbocycles. The van der Waals surface area contributed by atoms with Crippen molar-refractivity contribution in [2.75, 3.05) is 29.5 Å². The number of nitrogen functional groups attached to an aromatic ring is 1. The Morgan fingerprint density at radius 2 is 1.81 bits per heavy atom. The number of benzene rings is 2. The van der Waals surface area contributed by atoms with Crippen molar-refractivity contribution in [1.82, 2.24) is 4.98 Å². The third-order valence-corrected chi connectivity index (χ3v) is 5.23. The number of carbonyl (C=O) groups excluding carboxylic acids is 1. The molecule has 0 aliphatic heterocycles. The normalized spacial score (nSPS) is 14.5. The van der Waals surface area contributed by atoms with Crippen molar-refractivity contribution in [1.29, 1.82) is 5.26 Å². The van der Waals surface area contributed by atoms with Crippen LogP contribution in [0.3, 0.4) is 0 Å². The van der Waals surface area contributed by atoms with Gasteiger partial charge in [-0.25, -0.2) is 13.8 Å². The van der Waals surface area contributed by atoms with Gasteiger partial charge in [0.1, 0.15) is 17.6 Å². The topological polar surface area (TPSA) is 104 Å². The maximum Gasteiger partial charge on any atom is 0.188 e. The number of aromatic nitrogens is 1. The molecule has 0 amide bonds. The lowest BCUT2D eigenvalue weighted by Gasteiger charge is -2.25. The number of nitrogens with zero attached hydrogens (tertiary/aromatic N) is 2. The quantitative estimate of drug-likeness (QED) is 0.399. The fourth-order valence-electron chi connectivity index (χ4n) is 3.69. The fourth-order valence-corrected chi connectivity index (χ4v) is 3.69. The third-order valence-electron chi connectivity index (χ3n) is 5.23. The number of ketones is 1. The van der Waals surface area contributed by atoms with Crippen LogP contribution in [0.4, 0.5) is 26.0 Å². The van der Waals surface area contributed by atoms with Gasteiger partial charge in [-0.3, -0.25) is 4.79 Å². The molecule has 0 fully saturated rings. The van der Waals surface area contributed by atoms with Gasteiger partial charge in [-0.15, -0.1) is 0 Å². The number of halogens is 2. The van der Waals surface area contributed by atoms with E-state index in [2.05, 4.69) is 15.6 Å². The molecule has 0 spiro atoms. The molecule has 4 N–H and O–H groups in total. The Balaban J connectivity index is 1.59. The molecule has 1 heterocycles. The highest BCUT2D eigenvalue weighted by atomic mass is 19.1. The Labute approximate surface area is 183 Å². The van der Waals surface area contributed by atoms with Crippen molar-refractivity contribution in [2.24, 2.45) is 0 Å². The summed E-state index contributed by atoms with van der Waals surface area (Å²) in [7, 11) is 0. The molecule has 1 aromatic heterocycles. The first-order chi connectivity index (χ1) is 15.5. The van der Waals surface area contributed by atoms with Gasteiger partial charge in [-0.2, -0.15) is 5.26 Å². The second-order valence-corrected chi connectivity index (χ2v) is 7.21. The van der Waals surface area contributed by atoms with Crippen LogP contribution in [0.1, 0.15) is 33.0 Å². The van der Waals surface area contributed by atoms with Crippen LogP contribution >= 0.6 is 0 Å². The number of allylic oxidation sites excluding steroid dienone is 2. The summed E-state index contributed by atoms with van der Waals surface area (Å²) in [5.74, 6) is -2.39. The maximum absolute atomic E-state index is 15.5. The first kappa shape index (κ1) is 21.0. The highest BCUT2D eigenvalue weighted by Crippen LogP contribution is 2.41. The maximum atomic E-state index is 15.5. The zero-order chi connectivity index (χ0) is 22.7. The van der Waals surface area contributed by atoms with Crippen molar-refractivity contribution in [3.05, 3.63) is 94.7 Å².